The Morgan fingerprint density at radius 3 is 2.64 bits per heavy atom. The molecule has 6 heteroatoms. The lowest BCUT2D eigenvalue weighted by molar-refractivity contribution is 0.250. The number of halogens is 1. The molecule has 0 unspecified atom stereocenters. The van der Waals surface area contributed by atoms with E-state index in [0.29, 0.717) is 12.6 Å². The molecule has 1 saturated carbocycles. The Bertz CT molecular complexity index is 422. The van der Waals surface area contributed by atoms with E-state index in [0.717, 1.165) is 30.0 Å². The number of nitrogens with one attached hydrogen (secondary N) is 3. The second-order valence-electron chi connectivity index (χ2n) is 6.28. The van der Waals surface area contributed by atoms with Gasteiger partial charge in [0.25, 0.3) is 0 Å². The average molecular weight is 419 g/mol. The highest BCUT2D eigenvalue weighted by atomic mass is 127. The van der Waals surface area contributed by atoms with Crippen LogP contribution in [0.3, 0.4) is 0 Å². The first kappa shape index (κ1) is 19.3. The second-order valence-corrected chi connectivity index (χ2v) is 6.28. The lowest BCUT2D eigenvalue weighted by Gasteiger charge is -2.32. The highest BCUT2D eigenvalue weighted by Crippen LogP contribution is 2.29. The Balaban J connectivity index is 0.00000242. The highest BCUT2D eigenvalue weighted by molar-refractivity contribution is 14.0. The van der Waals surface area contributed by atoms with Crippen molar-refractivity contribution in [3.8, 4) is 0 Å². The number of aromatic amines is 1. The Hall–Kier alpha value is -0.790. The Kier molecular flexibility index (Phi) is 8.82. The fraction of sp³-hybridized carbons (Fsp3) is 0.750. The third-order valence-electron chi connectivity index (χ3n) is 4.37. The van der Waals surface area contributed by atoms with Gasteiger partial charge in [0.05, 0.1) is 12.2 Å². The molecule has 1 aliphatic carbocycles. The summed E-state index contributed by atoms with van der Waals surface area (Å²) in [5.41, 5.74) is 1.04. The lowest BCUT2D eigenvalue weighted by Crippen LogP contribution is -2.45. The van der Waals surface area contributed by atoms with E-state index in [1.807, 2.05) is 6.07 Å². The fourth-order valence-electron chi connectivity index (χ4n) is 2.98. The molecule has 1 aliphatic rings. The molecule has 0 amide bonds. The van der Waals surface area contributed by atoms with Gasteiger partial charge in [0, 0.05) is 18.8 Å². The molecule has 0 bridgehead atoms. The van der Waals surface area contributed by atoms with Crippen LogP contribution in [0.25, 0.3) is 0 Å². The van der Waals surface area contributed by atoms with Crippen molar-refractivity contribution in [3.63, 3.8) is 0 Å². The van der Waals surface area contributed by atoms with Crippen molar-refractivity contribution >= 4 is 29.9 Å². The maximum atomic E-state index is 4.63. The Morgan fingerprint density at radius 2 is 2.09 bits per heavy atom. The van der Waals surface area contributed by atoms with E-state index >= 15 is 0 Å². The molecular formula is C16H30IN5. The van der Waals surface area contributed by atoms with Gasteiger partial charge in [-0.3, -0.25) is 5.10 Å². The zero-order chi connectivity index (χ0) is 15.1. The number of aliphatic imine (C=N–C) groups is 1. The molecule has 1 aromatic heterocycles. The van der Waals surface area contributed by atoms with Gasteiger partial charge in [-0.05, 0) is 50.5 Å². The quantitative estimate of drug-likeness (QED) is 0.390. The first-order chi connectivity index (χ1) is 10.2. The summed E-state index contributed by atoms with van der Waals surface area (Å²) in [4.78, 5) is 4.63. The molecule has 0 aromatic carbocycles. The van der Waals surface area contributed by atoms with Crippen molar-refractivity contribution in [1.29, 1.82) is 0 Å². The topological polar surface area (TPSA) is 65.1 Å². The zero-order valence-corrected chi connectivity index (χ0v) is 16.3. The van der Waals surface area contributed by atoms with Gasteiger partial charge in [0.2, 0.25) is 0 Å². The standard InChI is InChI=1S/C16H29N5.HI/c1-4-17-16(18-11-15-9-10-19-21-15)20-14-7-5-13(6-8-14)12(2)3;/h9-10,12-14H,4-8,11H2,1-3H3,(H,19,21)(H2,17,18,20);1H. The average Bonchev–Trinajstić information content (AvgIpc) is 2.99. The van der Waals surface area contributed by atoms with Crippen LogP contribution in [0.5, 0.6) is 0 Å². The van der Waals surface area contributed by atoms with Crippen molar-refractivity contribution < 1.29 is 0 Å². The number of hydrogen-bond donors (Lipinski definition) is 3. The van der Waals surface area contributed by atoms with Crippen molar-refractivity contribution in [2.45, 2.75) is 59.0 Å². The molecule has 5 nitrogen and oxygen atoms in total. The first-order valence-corrected chi connectivity index (χ1v) is 8.22. The number of rotatable bonds is 5. The van der Waals surface area contributed by atoms with Gasteiger partial charge in [-0.15, -0.1) is 24.0 Å². The smallest absolute Gasteiger partial charge is 0.191 e. The van der Waals surface area contributed by atoms with Gasteiger partial charge in [-0.25, -0.2) is 4.99 Å². The lowest BCUT2D eigenvalue weighted by atomic mass is 9.80. The fourth-order valence-corrected chi connectivity index (χ4v) is 2.98. The first-order valence-electron chi connectivity index (χ1n) is 8.22. The minimum absolute atomic E-state index is 0. The number of guanidine groups is 1. The minimum Gasteiger partial charge on any atom is -0.357 e. The third kappa shape index (κ3) is 6.14. The van der Waals surface area contributed by atoms with Crippen molar-refractivity contribution in [2.24, 2.45) is 16.8 Å². The molecule has 0 aliphatic heterocycles. The van der Waals surface area contributed by atoms with E-state index in [4.69, 9.17) is 0 Å². The van der Waals surface area contributed by atoms with Crippen molar-refractivity contribution in [3.05, 3.63) is 18.0 Å². The Morgan fingerprint density at radius 1 is 1.36 bits per heavy atom. The number of aromatic nitrogens is 2. The van der Waals surface area contributed by atoms with Gasteiger partial charge >= 0.3 is 0 Å². The maximum absolute atomic E-state index is 4.63. The largest absolute Gasteiger partial charge is 0.357 e. The molecule has 0 saturated heterocycles. The van der Waals surface area contributed by atoms with E-state index in [1.165, 1.54) is 25.7 Å². The van der Waals surface area contributed by atoms with Crippen molar-refractivity contribution in [1.82, 2.24) is 20.8 Å². The Labute approximate surface area is 151 Å². The monoisotopic (exact) mass is 419 g/mol. The summed E-state index contributed by atoms with van der Waals surface area (Å²) in [5.74, 6) is 2.63. The van der Waals surface area contributed by atoms with E-state index in [1.54, 1.807) is 6.20 Å². The molecule has 0 atom stereocenters. The molecule has 2 rings (SSSR count). The SMILES string of the molecule is CCNC(=NCc1ccn[nH]1)NC1CCC(C(C)C)CC1.I. The summed E-state index contributed by atoms with van der Waals surface area (Å²) in [5, 5.41) is 13.8. The molecule has 1 heterocycles. The molecule has 0 radical (unpaired) electrons. The van der Waals surface area contributed by atoms with Gasteiger partial charge < -0.3 is 10.6 Å². The summed E-state index contributed by atoms with van der Waals surface area (Å²) >= 11 is 0. The van der Waals surface area contributed by atoms with E-state index < -0.39 is 0 Å². The zero-order valence-electron chi connectivity index (χ0n) is 13.9. The van der Waals surface area contributed by atoms with Crippen LogP contribution in [0.2, 0.25) is 0 Å². The molecule has 1 fully saturated rings. The number of nitrogens with zero attached hydrogens (tertiary/aromatic N) is 2. The van der Waals surface area contributed by atoms with E-state index in [-0.39, 0.29) is 24.0 Å². The minimum atomic E-state index is 0. The summed E-state index contributed by atoms with van der Waals surface area (Å²) in [6, 6.07) is 2.51. The number of hydrogen-bond acceptors (Lipinski definition) is 2. The van der Waals surface area contributed by atoms with E-state index in [2.05, 4.69) is 46.6 Å². The maximum Gasteiger partial charge on any atom is 0.191 e. The predicted octanol–water partition coefficient (Wildman–Crippen LogP) is 3.30. The molecule has 126 valence electrons. The van der Waals surface area contributed by atoms with Crippen LogP contribution in [0, 0.1) is 11.8 Å². The van der Waals surface area contributed by atoms with Gasteiger partial charge in [0.1, 0.15) is 0 Å². The van der Waals surface area contributed by atoms with Crippen LogP contribution < -0.4 is 10.6 Å². The predicted molar refractivity (Wildman–Crippen MR) is 103 cm³/mol. The summed E-state index contributed by atoms with van der Waals surface area (Å²) in [6.45, 7) is 8.30. The molecular weight excluding hydrogens is 389 g/mol. The van der Waals surface area contributed by atoms with Crippen LogP contribution >= 0.6 is 24.0 Å². The van der Waals surface area contributed by atoms with E-state index in [9.17, 15) is 0 Å². The normalized spacial score (nSPS) is 22.3. The van der Waals surface area contributed by atoms with Crippen molar-refractivity contribution in [2.75, 3.05) is 6.54 Å². The molecule has 0 spiro atoms. The summed E-state index contributed by atoms with van der Waals surface area (Å²) in [7, 11) is 0. The van der Waals surface area contributed by atoms with Gasteiger partial charge in [0.15, 0.2) is 5.96 Å². The number of H-pyrrole nitrogens is 1. The summed E-state index contributed by atoms with van der Waals surface area (Å²) in [6.07, 6.45) is 6.91. The third-order valence-corrected chi connectivity index (χ3v) is 4.37. The molecule has 3 N–H and O–H groups in total. The van der Waals surface area contributed by atoms with Gasteiger partial charge in [-0.1, -0.05) is 13.8 Å². The van der Waals surface area contributed by atoms with Crippen LogP contribution in [-0.2, 0) is 6.54 Å². The molecule has 22 heavy (non-hydrogen) atoms. The van der Waals surface area contributed by atoms with Crippen LogP contribution in [-0.4, -0.2) is 28.7 Å². The highest BCUT2D eigenvalue weighted by Gasteiger charge is 2.23. The summed E-state index contributed by atoms with van der Waals surface area (Å²) < 4.78 is 0. The van der Waals surface area contributed by atoms with Crippen LogP contribution in [0.15, 0.2) is 17.3 Å². The van der Waals surface area contributed by atoms with Gasteiger partial charge in [-0.2, -0.15) is 5.10 Å². The molecule has 1 aromatic rings. The van der Waals surface area contributed by atoms with Crippen LogP contribution in [0.4, 0.5) is 0 Å². The second kappa shape index (κ2) is 10.1. The van der Waals surface area contributed by atoms with Crippen LogP contribution in [0.1, 0.15) is 52.1 Å².